The lowest BCUT2D eigenvalue weighted by molar-refractivity contribution is 0.101. The molecule has 0 aliphatic heterocycles. The van der Waals surface area contributed by atoms with Gasteiger partial charge in [-0.3, -0.25) is 4.79 Å². The Kier molecular flexibility index (Phi) is 4.69. The Hall–Kier alpha value is -3.34. The van der Waals surface area contributed by atoms with Gasteiger partial charge >= 0.3 is 5.63 Å². The van der Waals surface area contributed by atoms with Crippen LogP contribution in [0.3, 0.4) is 0 Å². The molecule has 0 saturated heterocycles. The topological polar surface area (TPSA) is 60.4 Å². The van der Waals surface area contributed by atoms with Gasteiger partial charge in [-0.2, -0.15) is 0 Å². The monoisotopic (exact) mass is 448 g/mol. The molecule has 0 bridgehead atoms. The van der Waals surface area contributed by atoms with E-state index in [4.69, 9.17) is 32.0 Å². The second-order valence-electron chi connectivity index (χ2n) is 7.22. The molecule has 4 nitrogen and oxygen atoms in total. The first kappa shape index (κ1) is 19.6. The zero-order valence-electron chi connectivity index (χ0n) is 16.2. The molecule has 31 heavy (non-hydrogen) atoms. The number of benzene rings is 3. The van der Waals surface area contributed by atoms with Gasteiger partial charge in [-0.15, -0.1) is 0 Å². The van der Waals surface area contributed by atoms with E-state index >= 15 is 0 Å². The predicted molar refractivity (Wildman–Crippen MR) is 122 cm³/mol. The van der Waals surface area contributed by atoms with E-state index in [1.54, 1.807) is 48.5 Å². The van der Waals surface area contributed by atoms with Gasteiger partial charge in [0, 0.05) is 32.6 Å². The molecule has 2 heterocycles. The smallest absolute Gasteiger partial charge is 0.336 e. The van der Waals surface area contributed by atoms with E-state index in [-0.39, 0.29) is 11.5 Å². The molecular weight excluding hydrogens is 435 g/mol. The number of carbonyl (C=O) groups excluding carboxylic acids is 1. The fraction of sp³-hybridized carbons (Fsp3) is 0.0400. The van der Waals surface area contributed by atoms with E-state index < -0.39 is 5.63 Å². The number of fused-ring (bicyclic) bond motifs is 3. The van der Waals surface area contributed by atoms with E-state index in [1.807, 2.05) is 19.1 Å². The van der Waals surface area contributed by atoms with Crippen LogP contribution in [0.2, 0.25) is 10.0 Å². The molecule has 0 amide bonds. The number of furan rings is 1. The van der Waals surface area contributed by atoms with Crippen LogP contribution in [0.5, 0.6) is 0 Å². The van der Waals surface area contributed by atoms with Crippen molar-refractivity contribution in [1.82, 2.24) is 0 Å². The lowest BCUT2D eigenvalue weighted by Gasteiger charge is -2.07. The van der Waals surface area contributed by atoms with Crippen LogP contribution in [-0.4, -0.2) is 5.78 Å². The first-order valence-corrected chi connectivity index (χ1v) is 10.2. The summed E-state index contributed by atoms with van der Waals surface area (Å²) in [6, 6.07) is 18.8. The molecule has 0 saturated carbocycles. The third-order valence-corrected chi connectivity index (χ3v) is 5.60. The largest absolute Gasteiger partial charge is 0.452 e. The Bertz CT molecular complexity index is 1530. The highest BCUT2D eigenvalue weighted by Crippen LogP contribution is 2.41. The Morgan fingerprint density at radius 2 is 1.58 bits per heavy atom. The van der Waals surface area contributed by atoms with Gasteiger partial charge in [-0.05, 0) is 48.4 Å². The molecule has 0 radical (unpaired) electrons. The quantitative estimate of drug-likeness (QED) is 0.219. The normalized spacial score (nSPS) is 11.3. The zero-order valence-corrected chi connectivity index (χ0v) is 17.8. The summed E-state index contributed by atoms with van der Waals surface area (Å²) in [7, 11) is 0. The van der Waals surface area contributed by atoms with Gasteiger partial charge in [0.15, 0.2) is 5.76 Å². The van der Waals surface area contributed by atoms with Crippen molar-refractivity contribution in [3.63, 3.8) is 0 Å². The van der Waals surface area contributed by atoms with Crippen LogP contribution in [-0.2, 0) is 0 Å². The summed E-state index contributed by atoms with van der Waals surface area (Å²) in [4.78, 5) is 25.6. The molecule has 0 atom stereocenters. The second kappa shape index (κ2) is 7.41. The van der Waals surface area contributed by atoms with Gasteiger partial charge in [-0.1, -0.05) is 53.5 Å². The highest BCUT2D eigenvalue weighted by Gasteiger charge is 2.26. The van der Waals surface area contributed by atoms with Crippen molar-refractivity contribution in [3.8, 4) is 11.1 Å². The molecule has 5 rings (SSSR count). The number of ketones is 1. The van der Waals surface area contributed by atoms with E-state index in [0.717, 1.165) is 10.9 Å². The maximum atomic E-state index is 13.4. The van der Waals surface area contributed by atoms with Crippen LogP contribution in [0.1, 0.15) is 21.7 Å². The molecular formula is C25H14Cl2O4. The third kappa shape index (κ3) is 3.34. The van der Waals surface area contributed by atoms with E-state index in [9.17, 15) is 9.59 Å². The third-order valence-electron chi connectivity index (χ3n) is 5.16. The van der Waals surface area contributed by atoms with Crippen LogP contribution in [0, 0.1) is 6.92 Å². The number of hydrogen-bond acceptors (Lipinski definition) is 4. The van der Waals surface area contributed by atoms with Crippen LogP contribution in [0.25, 0.3) is 33.1 Å². The first-order valence-electron chi connectivity index (χ1n) is 9.48. The SMILES string of the molecule is Cc1cc(=O)oc2c1ccc1oc(C(=O)c3ccccc3)c(-c3cc(Cl)cc(Cl)c3)c12. The summed E-state index contributed by atoms with van der Waals surface area (Å²) >= 11 is 12.5. The van der Waals surface area contributed by atoms with E-state index in [2.05, 4.69) is 0 Å². The van der Waals surface area contributed by atoms with Gasteiger partial charge < -0.3 is 8.83 Å². The minimum Gasteiger partial charge on any atom is -0.452 e. The summed E-state index contributed by atoms with van der Waals surface area (Å²) in [5.74, 6) is -0.178. The summed E-state index contributed by atoms with van der Waals surface area (Å²) in [5.41, 5.74) is 2.60. The van der Waals surface area contributed by atoms with Crippen LogP contribution in [0.4, 0.5) is 0 Å². The molecule has 0 fully saturated rings. The Balaban J connectivity index is 1.94. The van der Waals surface area contributed by atoms with Gasteiger partial charge in [0.25, 0.3) is 0 Å². The van der Waals surface area contributed by atoms with Crippen LogP contribution >= 0.6 is 23.2 Å². The van der Waals surface area contributed by atoms with E-state index in [1.165, 1.54) is 6.07 Å². The van der Waals surface area contributed by atoms with Crippen molar-refractivity contribution in [2.75, 3.05) is 0 Å². The zero-order chi connectivity index (χ0) is 21.7. The molecule has 3 aromatic carbocycles. The van der Waals surface area contributed by atoms with Crippen molar-refractivity contribution in [2.24, 2.45) is 0 Å². The van der Waals surface area contributed by atoms with Gasteiger partial charge in [0.2, 0.25) is 5.78 Å². The summed E-state index contributed by atoms with van der Waals surface area (Å²) in [5, 5.41) is 2.09. The molecule has 5 aromatic rings. The molecule has 6 heteroatoms. The average Bonchev–Trinajstić information content (AvgIpc) is 3.13. The van der Waals surface area contributed by atoms with Crippen LogP contribution < -0.4 is 5.63 Å². The Labute approximate surface area is 186 Å². The maximum absolute atomic E-state index is 13.4. The Morgan fingerprint density at radius 1 is 0.871 bits per heavy atom. The number of rotatable bonds is 3. The number of aryl methyl sites for hydroxylation is 1. The number of halogens is 2. The molecule has 0 spiro atoms. The molecule has 0 aliphatic rings. The summed E-state index contributed by atoms with van der Waals surface area (Å²) < 4.78 is 11.6. The highest BCUT2D eigenvalue weighted by molar-refractivity contribution is 6.35. The Morgan fingerprint density at radius 3 is 2.29 bits per heavy atom. The fourth-order valence-corrected chi connectivity index (χ4v) is 4.34. The molecule has 0 N–H and O–H groups in total. The number of hydrogen-bond donors (Lipinski definition) is 0. The van der Waals surface area contributed by atoms with Gasteiger partial charge in [0.05, 0.1) is 5.39 Å². The first-order chi connectivity index (χ1) is 14.9. The molecule has 0 unspecified atom stereocenters. The number of carbonyl (C=O) groups is 1. The lowest BCUT2D eigenvalue weighted by Crippen LogP contribution is -2.01. The standard InChI is InChI=1S/C25H14Cl2O4/c1-13-9-20(28)31-24-18(13)7-8-19-22(24)21(15-10-16(26)12-17(27)11-15)25(30-19)23(29)14-5-3-2-4-6-14/h2-12H,1H3. The van der Waals surface area contributed by atoms with Crippen molar-refractivity contribution < 1.29 is 13.6 Å². The highest BCUT2D eigenvalue weighted by atomic mass is 35.5. The second-order valence-corrected chi connectivity index (χ2v) is 8.10. The predicted octanol–water partition coefficient (Wildman–Crippen LogP) is 7.05. The molecule has 2 aromatic heterocycles. The summed E-state index contributed by atoms with van der Waals surface area (Å²) in [6.45, 7) is 1.83. The molecule has 0 aliphatic carbocycles. The maximum Gasteiger partial charge on any atom is 0.336 e. The van der Waals surface area contributed by atoms with Crippen LogP contribution in [0.15, 0.2) is 80.4 Å². The van der Waals surface area contributed by atoms with Gasteiger partial charge in [-0.25, -0.2) is 4.79 Å². The summed E-state index contributed by atoms with van der Waals surface area (Å²) in [6.07, 6.45) is 0. The average molecular weight is 449 g/mol. The van der Waals surface area contributed by atoms with Crippen molar-refractivity contribution in [1.29, 1.82) is 0 Å². The fourth-order valence-electron chi connectivity index (χ4n) is 3.82. The lowest BCUT2D eigenvalue weighted by atomic mass is 9.96. The van der Waals surface area contributed by atoms with Crippen molar-refractivity contribution in [2.45, 2.75) is 6.92 Å². The van der Waals surface area contributed by atoms with Gasteiger partial charge in [0.1, 0.15) is 11.2 Å². The minimum atomic E-state index is -0.482. The van der Waals surface area contributed by atoms with E-state index in [0.29, 0.717) is 43.3 Å². The minimum absolute atomic E-state index is 0.121. The van der Waals surface area contributed by atoms with Crippen molar-refractivity contribution in [3.05, 3.63) is 104 Å². The molecule has 152 valence electrons. The van der Waals surface area contributed by atoms with Crippen molar-refractivity contribution >= 4 is 50.9 Å².